The number of nitrogens with zero attached hydrogens (tertiary/aromatic N) is 3. The van der Waals surface area contributed by atoms with Crippen LogP contribution < -0.4 is 10.2 Å². The number of amides is 1. The lowest BCUT2D eigenvalue weighted by molar-refractivity contribution is -0.129. The first-order chi connectivity index (χ1) is 15.7. The first-order valence-electron chi connectivity index (χ1n) is 10.1. The maximum absolute atomic E-state index is 13.7. The van der Waals surface area contributed by atoms with E-state index in [2.05, 4.69) is 10.4 Å². The average molecular weight is 465 g/mol. The number of aliphatic hydroxyl groups is 1. The van der Waals surface area contributed by atoms with Gasteiger partial charge in [-0.25, -0.2) is 0 Å². The summed E-state index contributed by atoms with van der Waals surface area (Å²) in [4.78, 5) is 40.1. The molecule has 3 aromatic rings. The van der Waals surface area contributed by atoms with E-state index in [9.17, 15) is 19.5 Å². The van der Waals surface area contributed by atoms with Crippen molar-refractivity contribution in [1.82, 2.24) is 9.78 Å². The number of aryl methyl sites for hydroxylation is 2. The smallest absolute Gasteiger partial charge is 0.260 e. The first kappa shape index (κ1) is 22.3. The van der Waals surface area contributed by atoms with Crippen LogP contribution in [0.4, 0.5) is 11.5 Å². The van der Waals surface area contributed by atoms with Crippen molar-refractivity contribution in [3.63, 3.8) is 0 Å². The zero-order chi connectivity index (χ0) is 23.9. The van der Waals surface area contributed by atoms with Crippen molar-refractivity contribution in [1.29, 1.82) is 0 Å². The van der Waals surface area contributed by atoms with Gasteiger partial charge in [-0.05, 0) is 19.1 Å². The Bertz CT molecular complexity index is 1300. The van der Waals surface area contributed by atoms with Gasteiger partial charge in [0.2, 0.25) is 5.78 Å². The van der Waals surface area contributed by atoms with Crippen LogP contribution in [0.2, 0.25) is 5.02 Å². The first-order valence-corrected chi connectivity index (χ1v) is 10.4. The standard InChI is InChI=1S/C24H21ClN4O4/c1-14-11-20(27-29(14)3)28(2)24(17-10-9-16(25)12-18(17)26-23(24)33)21(19(31)13-30)22(32)15-7-5-4-6-8-15/h4-13,32H,1-3H3,(H,26,33). The summed E-state index contributed by atoms with van der Waals surface area (Å²) in [6, 6.07) is 14.7. The van der Waals surface area contributed by atoms with Crippen LogP contribution in [-0.4, -0.2) is 39.9 Å². The number of hydrogen-bond donors (Lipinski definition) is 2. The number of carbonyl (C=O) groups excluding carboxylic acids is 3. The van der Waals surface area contributed by atoms with Crippen LogP contribution in [0.3, 0.4) is 0 Å². The predicted octanol–water partition coefficient (Wildman–Crippen LogP) is 3.40. The number of carbonyl (C=O) groups is 3. The number of nitrogens with one attached hydrogen (secondary N) is 1. The quantitative estimate of drug-likeness (QED) is 0.251. The van der Waals surface area contributed by atoms with Gasteiger partial charge in [0.15, 0.2) is 17.6 Å². The molecule has 1 aliphatic heterocycles. The molecule has 1 atom stereocenters. The Morgan fingerprint density at radius 3 is 2.52 bits per heavy atom. The maximum atomic E-state index is 13.7. The summed E-state index contributed by atoms with van der Waals surface area (Å²) in [5, 5.41) is 18.9. The van der Waals surface area contributed by atoms with Crippen LogP contribution >= 0.6 is 11.6 Å². The summed E-state index contributed by atoms with van der Waals surface area (Å²) in [6.45, 7) is 1.84. The van der Waals surface area contributed by atoms with E-state index < -0.39 is 23.0 Å². The molecule has 0 saturated heterocycles. The number of aldehydes is 1. The van der Waals surface area contributed by atoms with Gasteiger partial charge in [-0.2, -0.15) is 5.10 Å². The minimum atomic E-state index is -1.89. The molecular weight excluding hydrogens is 444 g/mol. The molecule has 0 aliphatic carbocycles. The van der Waals surface area contributed by atoms with E-state index in [1.165, 1.54) is 4.90 Å². The lowest BCUT2D eigenvalue weighted by atomic mass is 9.78. The van der Waals surface area contributed by atoms with Gasteiger partial charge in [0.25, 0.3) is 5.91 Å². The van der Waals surface area contributed by atoms with E-state index in [0.717, 1.165) is 5.69 Å². The molecule has 0 radical (unpaired) electrons. The van der Waals surface area contributed by atoms with Crippen molar-refractivity contribution >= 4 is 46.8 Å². The number of Topliss-reactive ketones (excluding diaryl/α,β-unsaturated/α-hetero) is 1. The average Bonchev–Trinajstić information content (AvgIpc) is 3.29. The van der Waals surface area contributed by atoms with E-state index in [1.54, 1.807) is 73.4 Å². The molecule has 0 spiro atoms. The van der Waals surface area contributed by atoms with E-state index in [-0.39, 0.29) is 17.4 Å². The summed E-state index contributed by atoms with van der Waals surface area (Å²) < 4.78 is 1.62. The van der Waals surface area contributed by atoms with E-state index in [4.69, 9.17) is 11.6 Å². The number of rotatable bonds is 6. The highest BCUT2D eigenvalue weighted by Crippen LogP contribution is 2.49. The number of fused-ring (bicyclic) bond motifs is 1. The lowest BCUT2D eigenvalue weighted by Crippen LogP contribution is -2.53. The van der Waals surface area contributed by atoms with Gasteiger partial charge < -0.3 is 15.3 Å². The van der Waals surface area contributed by atoms with Gasteiger partial charge in [0.1, 0.15) is 5.76 Å². The van der Waals surface area contributed by atoms with Crippen LogP contribution in [0, 0.1) is 6.92 Å². The SMILES string of the molecule is Cc1cc(N(C)C2(C(C(=O)C=O)=C(O)c3ccccc3)C(=O)Nc3cc(Cl)ccc32)nn1C. The number of halogens is 1. The highest BCUT2D eigenvalue weighted by atomic mass is 35.5. The van der Waals surface area contributed by atoms with Crippen molar-refractivity contribution in [3.8, 4) is 0 Å². The van der Waals surface area contributed by atoms with Crippen LogP contribution in [0.1, 0.15) is 16.8 Å². The second-order valence-electron chi connectivity index (χ2n) is 7.75. The number of ketones is 1. The van der Waals surface area contributed by atoms with Crippen molar-refractivity contribution in [2.75, 3.05) is 17.3 Å². The molecule has 2 aromatic carbocycles. The van der Waals surface area contributed by atoms with Gasteiger partial charge in [-0.3, -0.25) is 19.1 Å². The highest BCUT2D eigenvalue weighted by molar-refractivity contribution is 6.38. The summed E-state index contributed by atoms with van der Waals surface area (Å²) in [7, 11) is 3.33. The van der Waals surface area contributed by atoms with E-state index in [0.29, 0.717) is 22.1 Å². The number of aliphatic hydroxyl groups excluding tert-OH is 1. The van der Waals surface area contributed by atoms with E-state index >= 15 is 0 Å². The summed E-state index contributed by atoms with van der Waals surface area (Å²) in [5.74, 6) is -1.78. The third kappa shape index (κ3) is 3.39. The third-order valence-electron chi connectivity index (χ3n) is 5.90. The van der Waals surface area contributed by atoms with Gasteiger partial charge >= 0.3 is 0 Å². The van der Waals surface area contributed by atoms with Gasteiger partial charge in [-0.15, -0.1) is 0 Å². The Kier molecular flexibility index (Phi) is 5.55. The number of anilines is 2. The molecule has 1 aliphatic rings. The van der Waals surface area contributed by atoms with Gasteiger partial charge in [-0.1, -0.05) is 48.0 Å². The van der Waals surface area contributed by atoms with Gasteiger partial charge in [0, 0.05) is 47.7 Å². The third-order valence-corrected chi connectivity index (χ3v) is 6.13. The molecule has 1 unspecified atom stereocenters. The largest absolute Gasteiger partial charge is 0.507 e. The van der Waals surface area contributed by atoms with Crippen LogP contribution in [-0.2, 0) is 27.0 Å². The van der Waals surface area contributed by atoms with Crippen molar-refractivity contribution in [3.05, 3.63) is 82.0 Å². The normalized spacial score (nSPS) is 17.8. The Morgan fingerprint density at radius 1 is 1.21 bits per heavy atom. The predicted molar refractivity (Wildman–Crippen MR) is 125 cm³/mol. The molecule has 8 nitrogen and oxygen atoms in total. The maximum Gasteiger partial charge on any atom is 0.260 e. The Hall–Kier alpha value is -3.91. The minimum Gasteiger partial charge on any atom is -0.507 e. The summed E-state index contributed by atoms with van der Waals surface area (Å²) >= 11 is 6.15. The molecule has 0 bridgehead atoms. The van der Waals surface area contributed by atoms with Crippen molar-refractivity contribution in [2.45, 2.75) is 12.5 Å². The molecule has 168 valence electrons. The molecule has 4 rings (SSSR count). The minimum absolute atomic E-state index is 0.0922. The monoisotopic (exact) mass is 464 g/mol. The lowest BCUT2D eigenvalue weighted by Gasteiger charge is -2.38. The van der Waals surface area contributed by atoms with Gasteiger partial charge in [0.05, 0.1) is 5.57 Å². The fourth-order valence-electron chi connectivity index (χ4n) is 4.16. The molecule has 9 heteroatoms. The molecular formula is C24H21ClN4O4. The zero-order valence-electron chi connectivity index (χ0n) is 18.2. The topological polar surface area (TPSA) is 105 Å². The van der Waals surface area contributed by atoms with Crippen LogP contribution in [0.15, 0.2) is 60.2 Å². The molecule has 33 heavy (non-hydrogen) atoms. The fourth-order valence-corrected chi connectivity index (χ4v) is 4.33. The summed E-state index contributed by atoms with van der Waals surface area (Å²) in [6.07, 6.45) is 0.0922. The second kappa shape index (κ2) is 8.22. The number of hydrogen-bond acceptors (Lipinski definition) is 6. The van der Waals surface area contributed by atoms with Crippen LogP contribution in [0.25, 0.3) is 5.76 Å². The highest BCUT2D eigenvalue weighted by Gasteiger charge is 2.57. The zero-order valence-corrected chi connectivity index (χ0v) is 18.9. The summed E-state index contributed by atoms with van der Waals surface area (Å²) in [5.41, 5.74) is -0.463. The van der Waals surface area contributed by atoms with Crippen molar-refractivity contribution < 1.29 is 19.5 Å². The molecule has 0 saturated carbocycles. The van der Waals surface area contributed by atoms with Crippen molar-refractivity contribution in [2.24, 2.45) is 7.05 Å². The number of aromatic nitrogens is 2. The Morgan fingerprint density at radius 2 is 1.91 bits per heavy atom. The number of likely N-dealkylation sites (N-methyl/N-ethyl adjacent to an activating group) is 1. The molecule has 0 fully saturated rings. The fraction of sp³-hybridized carbons (Fsp3) is 0.167. The van der Waals surface area contributed by atoms with Crippen LogP contribution in [0.5, 0.6) is 0 Å². The second-order valence-corrected chi connectivity index (χ2v) is 8.19. The number of benzene rings is 2. The molecule has 1 amide bonds. The molecule has 1 aromatic heterocycles. The van der Waals surface area contributed by atoms with E-state index in [1.807, 2.05) is 6.92 Å². The molecule has 2 heterocycles. The Labute approximate surface area is 195 Å². The Balaban J connectivity index is 2.12. The molecule has 2 N–H and O–H groups in total.